The number of benzene rings is 1. The fourth-order valence-corrected chi connectivity index (χ4v) is 2.53. The van der Waals surface area contributed by atoms with Gasteiger partial charge in [-0.1, -0.05) is 45.4 Å². The van der Waals surface area contributed by atoms with Crippen molar-refractivity contribution in [1.29, 1.82) is 0 Å². The number of imidazole rings is 1. The van der Waals surface area contributed by atoms with Gasteiger partial charge in [-0.15, -0.1) is 0 Å². The van der Waals surface area contributed by atoms with Gasteiger partial charge in [-0.2, -0.15) is 13.2 Å². The van der Waals surface area contributed by atoms with E-state index >= 15 is 0 Å². The van der Waals surface area contributed by atoms with Crippen molar-refractivity contribution in [2.24, 2.45) is 0 Å². The molecule has 2 heterocycles. The number of halogens is 3. The van der Waals surface area contributed by atoms with Gasteiger partial charge in [0.1, 0.15) is 5.65 Å². The molecule has 3 aromatic rings. The van der Waals surface area contributed by atoms with E-state index in [2.05, 4.69) is 11.9 Å². The van der Waals surface area contributed by atoms with Crippen molar-refractivity contribution in [3.8, 4) is 11.3 Å². The van der Waals surface area contributed by atoms with Crippen molar-refractivity contribution in [1.82, 2.24) is 9.38 Å². The maximum Gasteiger partial charge on any atom is 0.416 e. The Morgan fingerprint density at radius 2 is 1.83 bits per heavy atom. The molecule has 3 rings (SSSR count). The topological polar surface area (TPSA) is 17.3 Å². The first-order valence-corrected chi connectivity index (χ1v) is 8.13. The number of nitrogens with zero attached hydrogens (tertiary/aromatic N) is 2. The molecule has 0 unspecified atom stereocenters. The lowest BCUT2D eigenvalue weighted by atomic mass is 10.1. The molecule has 128 valence electrons. The lowest BCUT2D eigenvalue weighted by molar-refractivity contribution is -0.137. The third kappa shape index (κ3) is 3.78. The van der Waals surface area contributed by atoms with E-state index < -0.39 is 11.7 Å². The molecular weight excluding hydrogens is 313 g/mol. The molecule has 0 aliphatic rings. The second kappa shape index (κ2) is 7.51. The van der Waals surface area contributed by atoms with E-state index in [-0.39, 0.29) is 0 Å². The van der Waals surface area contributed by atoms with E-state index in [0.717, 1.165) is 36.2 Å². The Kier molecular flexibility index (Phi) is 5.65. The molecule has 0 atom stereocenters. The molecule has 0 saturated heterocycles. The minimum atomic E-state index is -4.34. The SMILES string of the molecule is CC.CCCc1cccn2cc(-c3cccc(C(F)(F)F)c3)nc12. The first kappa shape index (κ1) is 18.0. The molecule has 0 amide bonds. The Hall–Kier alpha value is -2.30. The zero-order valence-electron chi connectivity index (χ0n) is 14.1. The summed E-state index contributed by atoms with van der Waals surface area (Å²) in [5.74, 6) is 0. The van der Waals surface area contributed by atoms with E-state index in [0.29, 0.717) is 11.3 Å². The Bertz CT molecular complexity index is 804. The van der Waals surface area contributed by atoms with Gasteiger partial charge < -0.3 is 4.40 Å². The molecule has 1 aromatic carbocycles. The molecule has 2 aromatic heterocycles. The number of pyridine rings is 1. The lowest BCUT2D eigenvalue weighted by Gasteiger charge is -2.07. The zero-order valence-corrected chi connectivity index (χ0v) is 14.1. The van der Waals surface area contributed by atoms with Gasteiger partial charge in [-0.25, -0.2) is 4.98 Å². The van der Waals surface area contributed by atoms with Crippen LogP contribution in [0.4, 0.5) is 13.2 Å². The maximum absolute atomic E-state index is 12.8. The Morgan fingerprint density at radius 1 is 1.08 bits per heavy atom. The van der Waals surface area contributed by atoms with Crippen molar-refractivity contribution in [3.05, 3.63) is 59.9 Å². The van der Waals surface area contributed by atoms with Gasteiger partial charge in [0.05, 0.1) is 11.3 Å². The molecule has 0 radical (unpaired) electrons. The molecule has 0 saturated carbocycles. The monoisotopic (exact) mass is 334 g/mol. The summed E-state index contributed by atoms with van der Waals surface area (Å²) < 4.78 is 40.3. The van der Waals surface area contributed by atoms with Crippen LogP contribution >= 0.6 is 0 Å². The van der Waals surface area contributed by atoms with Gasteiger partial charge in [-0.3, -0.25) is 0 Å². The van der Waals surface area contributed by atoms with Gasteiger partial charge in [0.25, 0.3) is 0 Å². The highest BCUT2D eigenvalue weighted by atomic mass is 19.4. The predicted molar refractivity (Wildman–Crippen MR) is 91.0 cm³/mol. The van der Waals surface area contributed by atoms with Crippen molar-refractivity contribution >= 4 is 5.65 Å². The van der Waals surface area contributed by atoms with Gasteiger partial charge in [0.2, 0.25) is 0 Å². The molecule has 0 aliphatic heterocycles. The van der Waals surface area contributed by atoms with Crippen LogP contribution in [0.3, 0.4) is 0 Å². The summed E-state index contributed by atoms with van der Waals surface area (Å²) >= 11 is 0. The summed E-state index contributed by atoms with van der Waals surface area (Å²) in [6, 6.07) is 9.20. The normalized spacial score (nSPS) is 11.2. The summed E-state index contributed by atoms with van der Waals surface area (Å²) in [5.41, 5.74) is 2.27. The van der Waals surface area contributed by atoms with Crippen LogP contribution in [-0.4, -0.2) is 9.38 Å². The molecular formula is C19H21F3N2. The molecule has 5 heteroatoms. The van der Waals surface area contributed by atoms with E-state index in [1.807, 2.05) is 36.6 Å². The fourth-order valence-electron chi connectivity index (χ4n) is 2.53. The van der Waals surface area contributed by atoms with Crippen LogP contribution in [0.25, 0.3) is 16.9 Å². The Balaban J connectivity index is 0.00000100. The first-order valence-electron chi connectivity index (χ1n) is 8.13. The highest BCUT2D eigenvalue weighted by Crippen LogP contribution is 2.32. The number of aryl methyl sites for hydroxylation is 1. The number of aromatic nitrogens is 2. The summed E-state index contributed by atoms with van der Waals surface area (Å²) in [4.78, 5) is 4.52. The third-order valence-corrected chi connectivity index (χ3v) is 3.57. The number of hydrogen-bond donors (Lipinski definition) is 0. The standard InChI is InChI=1S/C17H15F3N2.C2H6/c1-2-5-12-7-4-9-22-11-15(21-16(12)22)13-6-3-8-14(10-13)17(18,19)20;1-2/h3-4,6-11H,2,5H2,1H3;1-2H3. The van der Waals surface area contributed by atoms with Crippen LogP contribution in [0.15, 0.2) is 48.8 Å². The Labute approximate surface area is 140 Å². The maximum atomic E-state index is 12.8. The summed E-state index contributed by atoms with van der Waals surface area (Å²) in [7, 11) is 0. The van der Waals surface area contributed by atoms with Crippen LogP contribution in [0.1, 0.15) is 38.3 Å². The predicted octanol–water partition coefficient (Wildman–Crippen LogP) is 6.00. The van der Waals surface area contributed by atoms with Crippen LogP contribution < -0.4 is 0 Å². The van der Waals surface area contributed by atoms with Gasteiger partial charge in [0.15, 0.2) is 0 Å². The highest BCUT2D eigenvalue weighted by Gasteiger charge is 2.30. The van der Waals surface area contributed by atoms with Crippen LogP contribution in [0.2, 0.25) is 0 Å². The number of alkyl halides is 3. The van der Waals surface area contributed by atoms with E-state index in [1.54, 1.807) is 12.3 Å². The first-order chi connectivity index (χ1) is 11.5. The van der Waals surface area contributed by atoms with E-state index in [1.165, 1.54) is 6.07 Å². The molecule has 0 N–H and O–H groups in total. The van der Waals surface area contributed by atoms with Gasteiger partial charge in [-0.05, 0) is 30.2 Å². The second-order valence-electron chi connectivity index (χ2n) is 5.22. The third-order valence-electron chi connectivity index (χ3n) is 3.57. The van der Waals surface area contributed by atoms with Crippen molar-refractivity contribution in [3.63, 3.8) is 0 Å². The molecule has 0 spiro atoms. The number of rotatable bonds is 3. The minimum Gasteiger partial charge on any atom is -0.306 e. The fraction of sp³-hybridized carbons (Fsp3) is 0.316. The minimum absolute atomic E-state index is 0.473. The lowest BCUT2D eigenvalue weighted by Crippen LogP contribution is -2.04. The molecule has 0 fully saturated rings. The summed E-state index contributed by atoms with van der Waals surface area (Å²) in [6.45, 7) is 6.08. The highest BCUT2D eigenvalue weighted by molar-refractivity contribution is 5.65. The Morgan fingerprint density at radius 3 is 2.50 bits per heavy atom. The summed E-state index contributed by atoms with van der Waals surface area (Å²) in [5, 5.41) is 0. The number of hydrogen-bond acceptors (Lipinski definition) is 1. The van der Waals surface area contributed by atoms with Crippen LogP contribution in [0.5, 0.6) is 0 Å². The molecule has 0 bridgehead atoms. The van der Waals surface area contributed by atoms with Crippen LogP contribution in [-0.2, 0) is 12.6 Å². The quantitative estimate of drug-likeness (QED) is 0.574. The second-order valence-corrected chi connectivity index (χ2v) is 5.22. The zero-order chi connectivity index (χ0) is 17.7. The van der Waals surface area contributed by atoms with Gasteiger partial charge >= 0.3 is 6.18 Å². The average molecular weight is 334 g/mol. The number of fused-ring (bicyclic) bond motifs is 1. The molecule has 2 nitrogen and oxygen atoms in total. The van der Waals surface area contributed by atoms with E-state index in [4.69, 9.17) is 0 Å². The van der Waals surface area contributed by atoms with E-state index in [9.17, 15) is 13.2 Å². The smallest absolute Gasteiger partial charge is 0.306 e. The van der Waals surface area contributed by atoms with Crippen LogP contribution in [0, 0.1) is 0 Å². The molecule has 0 aliphatic carbocycles. The van der Waals surface area contributed by atoms with Crippen molar-refractivity contribution in [2.45, 2.75) is 39.8 Å². The van der Waals surface area contributed by atoms with Crippen molar-refractivity contribution in [2.75, 3.05) is 0 Å². The molecule has 24 heavy (non-hydrogen) atoms. The average Bonchev–Trinajstić information content (AvgIpc) is 3.02. The van der Waals surface area contributed by atoms with Gasteiger partial charge in [0, 0.05) is 18.0 Å². The summed E-state index contributed by atoms with van der Waals surface area (Å²) in [6.07, 6.45) is 1.17. The van der Waals surface area contributed by atoms with Crippen molar-refractivity contribution < 1.29 is 13.2 Å². The largest absolute Gasteiger partial charge is 0.416 e.